The second-order valence-corrected chi connectivity index (χ2v) is 10.3. The van der Waals surface area contributed by atoms with Gasteiger partial charge >= 0.3 is 0 Å². The molecule has 2 saturated heterocycles. The van der Waals surface area contributed by atoms with Gasteiger partial charge in [0.05, 0.1) is 5.52 Å². The molecule has 2 aliphatic heterocycles. The highest BCUT2D eigenvalue weighted by Gasteiger charge is 2.43. The van der Waals surface area contributed by atoms with Crippen molar-refractivity contribution in [3.63, 3.8) is 0 Å². The van der Waals surface area contributed by atoms with E-state index in [-0.39, 0.29) is 17.2 Å². The quantitative estimate of drug-likeness (QED) is 0.489. The van der Waals surface area contributed by atoms with E-state index in [2.05, 4.69) is 34.1 Å². The van der Waals surface area contributed by atoms with Gasteiger partial charge in [-0.15, -0.1) is 0 Å². The Bertz CT molecular complexity index is 973. The summed E-state index contributed by atoms with van der Waals surface area (Å²) in [5, 5.41) is 1.18. The van der Waals surface area contributed by atoms with Gasteiger partial charge in [0.2, 0.25) is 11.8 Å². The van der Waals surface area contributed by atoms with Gasteiger partial charge in [-0.1, -0.05) is 37.5 Å². The van der Waals surface area contributed by atoms with Crippen LogP contribution in [0.2, 0.25) is 0 Å². The molecule has 6 heteroatoms. The van der Waals surface area contributed by atoms with Gasteiger partial charge in [0.1, 0.15) is 5.82 Å². The van der Waals surface area contributed by atoms with Crippen molar-refractivity contribution in [1.29, 1.82) is 0 Å². The predicted octanol–water partition coefficient (Wildman–Crippen LogP) is 4.24. The predicted molar refractivity (Wildman–Crippen MR) is 131 cm³/mol. The summed E-state index contributed by atoms with van der Waals surface area (Å²) in [6, 6.07) is 12.5. The van der Waals surface area contributed by atoms with Gasteiger partial charge in [-0.05, 0) is 55.8 Å². The zero-order valence-electron chi connectivity index (χ0n) is 19.7. The zero-order chi connectivity index (χ0) is 22.7. The molecule has 0 radical (unpaired) electrons. The fourth-order valence-electron chi connectivity index (χ4n) is 5.98. The Kier molecular flexibility index (Phi) is 6.63. The number of hydrogen-bond acceptors (Lipinski definition) is 5. The molecule has 1 spiro atoms. The summed E-state index contributed by atoms with van der Waals surface area (Å²) in [5.41, 5.74) is 1.04. The van der Waals surface area contributed by atoms with E-state index in [1.807, 2.05) is 12.1 Å². The molecule has 2 amide bonds. The molecule has 1 saturated carbocycles. The number of aromatic nitrogens is 1. The summed E-state index contributed by atoms with van der Waals surface area (Å²) >= 11 is 0. The molecule has 1 aliphatic carbocycles. The SMILES string of the molecule is O=C1CC2(CCCCC2)CC(=O)N1CCCCN1CCN(c2ccc3ccccc3n2)CC1. The highest BCUT2D eigenvalue weighted by Crippen LogP contribution is 2.45. The van der Waals surface area contributed by atoms with Crippen LogP contribution in [0.5, 0.6) is 0 Å². The third kappa shape index (κ3) is 5.06. The monoisotopic (exact) mass is 448 g/mol. The maximum atomic E-state index is 12.7. The van der Waals surface area contributed by atoms with Crippen LogP contribution in [0.1, 0.15) is 57.8 Å². The van der Waals surface area contributed by atoms with E-state index < -0.39 is 0 Å². The van der Waals surface area contributed by atoms with E-state index in [0.717, 1.165) is 69.7 Å². The van der Waals surface area contributed by atoms with Crippen molar-refractivity contribution in [2.24, 2.45) is 5.41 Å². The Labute approximate surface area is 196 Å². The third-order valence-corrected chi connectivity index (χ3v) is 7.95. The Morgan fingerprint density at radius 2 is 1.48 bits per heavy atom. The molecule has 3 aliphatic rings. The number of amides is 2. The lowest BCUT2D eigenvalue weighted by atomic mass is 9.67. The second kappa shape index (κ2) is 9.80. The minimum absolute atomic E-state index is 0.0114. The molecule has 1 aromatic carbocycles. The molecule has 3 fully saturated rings. The highest BCUT2D eigenvalue weighted by molar-refractivity contribution is 5.98. The van der Waals surface area contributed by atoms with Gasteiger partial charge in [0.25, 0.3) is 0 Å². The smallest absolute Gasteiger partial charge is 0.229 e. The number of carbonyl (C=O) groups is 2. The van der Waals surface area contributed by atoms with Crippen LogP contribution in [-0.2, 0) is 9.59 Å². The van der Waals surface area contributed by atoms with Crippen LogP contribution < -0.4 is 4.90 Å². The number of nitrogens with zero attached hydrogens (tertiary/aromatic N) is 4. The number of piperidine rings is 1. The van der Waals surface area contributed by atoms with E-state index in [0.29, 0.717) is 19.4 Å². The van der Waals surface area contributed by atoms with Crippen LogP contribution in [0.4, 0.5) is 5.82 Å². The molecule has 0 unspecified atom stereocenters. The fourth-order valence-corrected chi connectivity index (χ4v) is 5.98. The summed E-state index contributed by atoms with van der Waals surface area (Å²) in [6.45, 7) is 5.64. The maximum Gasteiger partial charge on any atom is 0.229 e. The number of piperazine rings is 1. The lowest BCUT2D eigenvalue weighted by molar-refractivity contribution is -0.154. The van der Waals surface area contributed by atoms with Crippen LogP contribution in [-0.4, -0.2) is 65.9 Å². The van der Waals surface area contributed by atoms with Gasteiger partial charge in [-0.2, -0.15) is 0 Å². The average Bonchev–Trinajstić information content (AvgIpc) is 2.83. The summed E-state index contributed by atoms with van der Waals surface area (Å²) in [4.78, 5) is 36.7. The summed E-state index contributed by atoms with van der Waals surface area (Å²) in [5.74, 6) is 1.21. The van der Waals surface area contributed by atoms with Crippen molar-refractivity contribution in [1.82, 2.24) is 14.8 Å². The standard InChI is InChI=1S/C27H36N4O2/c32-25-20-27(12-4-1-5-13-27)21-26(33)31(25)15-7-6-14-29-16-18-30(19-17-29)24-11-10-22-8-2-3-9-23(22)28-24/h2-3,8-11H,1,4-7,12-21H2. The van der Waals surface area contributed by atoms with Crippen LogP contribution in [0.3, 0.4) is 0 Å². The Balaban J connectivity index is 1.04. The Morgan fingerprint density at radius 1 is 0.788 bits per heavy atom. The topological polar surface area (TPSA) is 56.8 Å². The zero-order valence-corrected chi connectivity index (χ0v) is 19.7. The van der Waals surface area contributed by atoms with E-state index >= 15 is 0 Å². The molecule has 176 valence electrons. The summed E-state index contributed by atoms with van der Waals surface area (Å²) in [6.07, 6.45) is 8.80. The number of pyridine rings is 1. The number of unbranched alkanes of at least 4 members (excludes halogenated alkanes) is 1. The average molecular weight is 449 g/mol. The molecular weight excluding hydrogens is 412 g/mol. The second-order valence-electron chi connectivity index (χ2n) is 10.3. The van der Waals surface area contributed by atoms with Crippen molar-refractivity contribution in [3.8, 4) is 0 Å². The summed E-state index contributed by atoms with van der Waals surface area (Å²) < 4.78 is 0. The van der Waals surface area contributed by atoms with Crippen LogP contribution in [0.15, 0.2) is 36.4 Å². The molecule has 0 bridgehead atoms. The van der Waals surface area contributed by atoms with E-state index in [9.17, 15) is 9.59 Å². The van der Waals surface area contributed by atoms with Crippen molar-refractivity contribution >= 4 is 28.5 Å². The van der Waals surface area contributed by atoms with Gasteiger partial charge in [0, 0.05) is 51.0 Å². The first-order valence-corrected chi connectivity index (χ1v) is 12.8. The number of rotatable bonds is 6. The Hall–Kier alpha value is -2.47. The van der Waals surface area contributed by atoms with Gasteiger partial charge in [-0.25, -0.2) is 4.98 Å². The van der Waals surface area contributed by atoms with Crippen molar-refractivity contribution < 1.29 is 9.59 Å². The number of fused-ring (bicyclic) bond motifs is 1. The van der Waals surface area contributed by atoms with Crippen LogP contribution >= 0.6 is 0 Å². The van der Waals surface area contributed by atoms with Crippen molar-refractivity contribution in [2.45, 2.75) is 57.8 Å². The van der Waals surface area contributed by atoms with Gasteiger partial charge < -0.3 is 4.90 Å². The number of anilines is 1. The number of likely N-dealkylation sites (tertiary alicyclic amines) is 1. The van der Waals surface area contributed by atoms with Gasteiger partial charge in [-0.3, -0.25) is 19.4 Å². The largest absolute Gasteiger partial charge is 0.354 e. The number of para-hydroxylation sites is 1. The van der Waals surface area contributed by atoms with E-state index in [1.165, 1.54) is 24.6 Å². The highest BCUT2D eigenvalue weighted by atomic mass is 16.2. The first kappa shape index (κ1) is 22.3. The molecule has 33 heavy (non-hydrogen) atoms. The number of hydrogen-bond donors (Lipinski definition) is 0. The van der Waals surface area contributed by atoms with Crippen LogP contribution in [0, 0.1) is 5.41 Å². The maximum absolute atomic E-state index is 12.7. The van der Waals surface area contributed by atoms with E-state index in [4.69, 9.17) is 4.98 Å². The minimum atomic E-state index is -0.0114. The van der Waals surface area contributed by atoms with Crippen molar-refractivity contribution in [2.75, 3.05) is 44.2 Å². The normalized spacial score (nSPS) is 21.8. The molecular formula is C27H36N4O2. The molecule has 3 heterocycles. The first-order chi connectivity index (χ1) is 16.1. The Morgan fingerprint density at radius 3 is 2.24 bits per heavy atom. The van der Waals surface area contributed by atoms with Gasteiger partial charge in [0.15, 0.2) is 0 Å². The van der Waals surface area contributed by atoms with E-state index in [1.54, 1.807) is 4.90 Å². The molecule has 0 atom stereocenters. The number of carbonyl (C=O) groups excluding carboxylic acids is 2. The fraction of sp³-hybridized carbons (Fsp3) is 0.593. The number of benzene rings is 1. The molecule has 1 aromatic heterocycles. The minimum Gasteiger partial charge on any atom is -0.354 e. The molecule has 0 N–H and O–H groups in total. The molecule has 5 rings (SSSR count). The van der Waals surface area contributed by atoms with Crippen LogP contribution in [0.25, 0.3) is 10.9 Å². The molecule has 2 aromatic rings. The lowest BCUT2D eigenvalue weighted by Crippen LogP contribution is -2.49. The van der Waals surface area contributed by atoms with Crippen molar-refractivity contribution in [3.05, 3.63) is 36.4 Å². The first-order valence-electron chi connectivity index (χ1n) is 12.8. The number of imide groups is 1. The molecule has 6 nitrogen and oxygen atoms in total. The third-order valence-electron chi connectivity index (χ3n) is 7.95. The lowest BCUT2D eigenvalue weighted by Gasteiger charge is -2.42. The summed E-state index contributed by atoms with van der Waals surface area (Å²) in [7, 11) is 0.